The smallest absolute Gasteiger partial charge is 0.234 e. The van der Waals surface area contributed by atoms with Crippen LogP contribution in [0.2, 0.25) is 0 Å². The Hall–Kier alpha value is -3.39. The summed E-state index contributed by atoms with van der Waals surface area (Å²) in [4.78, 5) is 28.1. The fourth-order valence-corrected chi connectivity index (χ4v) is 4.86. The number of fused-ring (bicyclic) bond motifs is 2. The van der Waals surface area contributed by atoms with Crippen LogP contribution in [0.25, 0.3) is 0 Å². The first-order valence-corrected chi connectivity index (χ1v) is 9.69. The van der Waals surface area contributed by atoms with Crippen LogP contribution in [-0.4, -0.2) is 36.9 Å². The first-order valence-electron chi connectivity index (χ1n) is 9.69. The van der Waals surface area contributed by atoms with Gasteiger partial charge in [0.05, 0.1) is 24.5 Å². The van der Waals surface area contributed by atoms with Crippen LogP contribution in [0.15, 0.2) is 54.6 Å². The van der Waals surface area contributed by atoms with Crippen molar-refractivity contribution in [2.24, 2.45) is 11.8 Å². The number of rotatable bonds is 3. The summed E-state index contributed by atoms with van der Waals surface area (Å²) in [5.41, 5.74) is 0.166. The Labute approximate surface area is 171 Å². The summed E-state index contributed by atoms with van der Waals surface area (Å²) in [6.45, 7) is 0.460. The molecule has 0 aliphatic carbocycles. The minimum absolute atomic E-state index is 0.148. The molecular weight excluding hydrogens is 391 g/mol. The number of carbonyl (C=O) groups excluding carboxylic acids is 2. The van der Waals surface area contributed by atoms with E-state index < -0.39 is 29.4 Å². The Morgan fingerprint density at radius 3 is 2.90 bits per heavy atom. The molecule has 2 fully saturated rings. The summed E-state index contributed by atoms with van der Waals surface area (Å²) in [6.07, 6.45) is 3.24. The van der Waals surface area contributed by atoms with E-state index in [1.165, 1.54) is 18.2 Å². The highest BCUT2D eigenvalue weighted by Gasteiger charge is 2.67. The van der Waals surface area contributed by atoms with Gasteiger partial charge in [-0.1, -0.05) is 18.2 Å². The van der Waals surface area contributed by atoms with Gasteiger partial charge in [-0.3, -0.25) is 9.59 Å². The summed E-state index contributed by atoms with van der Waals surface area (Å²) in [5.74, 6) is -1.11. The van der Waals surface area contributed by atoms with Crippen LogP contribution < -0.4 is 19.7 Å². The van der Waals surface area contributed by atoms with Gasteiger partial charge in [0, 0.05) is 17.4 Å². The normalized spacial score (nSPS) is 30.1. The van der Waals surface area contributed by atoms with Crippen molar-refractivity contribution in [1.82, 2.24) is 0 Å². The number of anilines is 2. The molecule has 4 atom stereocenters. The Morgan fingerprint density at radius 2 is 2.03 bits per heavy atom. The van der Waals surface area contributed by atoms with E-state index in [1.54, 1.807) is 29.2 Å². The van der Waals surface area contributed by atoms with Crippen molar-refractivity contribution in [2.75, 3.05) is 23.6 Å². The Kier molecular flexibility index (Phi) is 3.53. The van der Waals surface area contributed by atoms with Crippen LogP contribution in [0.3, 0.4) is 0 Å². The molecule has 0 aromatic heterocycles. The van der Waals surface area contributed by atoms with Gasteiger partial charge >= 0.3 is 0 Å². The molecular formula is C22H17FN2O5. The van der Waals surface area contributed by atoms with E-state index in [2.05, 4.69) is 5.32 Å². The molecule has 2 bridgehead atoms. The summed E-state index contributed by atoms with van der Waals surface area (Å²) in [6, 6.07) is 11.0. The molecule has 2 aromatic rings. The number of nitrogens with one attached hydrogen (secondary N) is 1. The maximum Gasteiger partial charge on any atom is 0.234 e. The third kappa shape index (κ3) is 2.40. The molecule has 7 nitrogen and oxygen atoms in total. The quantitative estimate of drug-likeness (QED) is 0.790. The van der Waals surface area contributed by atoms with E-state index in [0.29, 0.717) is 29.4 Å². The lowest BCUT2D eigenvalue weighted by molar-refractivity contribution is -0.128. The lowest BCUT2D eigenvalue weighted by atomic mass is 9.77. The predicted octanol–water partition coefficient (Wildman–Crippen LogP) is 2.48. The minimum Gasteiger partial charge on any atom is -0.454 e. The second kappa shape index (κ2) is 6.06. The Balaban J connectivity index is 1.30. The molecule has 4 aliphatic heterocycles. The van der Waals surface area contributed by atoms with Gasteiger partial charge < -0.3 is 24.4 Å². The lowest BCUT2D eigenvalue weighted by Crippen LogP contribution is -2.41. The van der Waals surface area contributed by atoms with Gasteiger partial charge in [-0.15, -0.1) is 0 Å². The topological polar surface area (TPSA) is 77.1 Å². The molecule has 2 aromatic carbocycles. The van der Waals surface area contributed by atoms with Gasteiger partial charge in [0.2, 0.25) is 18.6 Å². The van der Waals surface area contributed by atoms with Crippen molar-refractivity contribution < 1.29 is 28.2 Å². The van der Waals surface area contributed by atoms with Crippen molar-refractivity contribution in [1.29, 1.82) is 0 Å². The molecule has 152 valence electrons. The second-order valence-corrected chi connectivity index (χ2v) is 7.86. The molecule has 8 heteroatoms. The van der Waals surface area contributed by atoms with Crippen molar-refractivity contribution in [3.05, 3.63) is 60.4 Å². The maximum absolute atomic E-state index is 13.5. The van der Waals surface area contributed by atoms with Crippen LogP contribution in [0.4, 0.5) is 15.8 Å². The zero-order chi connectivity index (χ0) is 20.5. The molecule has 0 radical (unpaired) electrons. The third-order valence-corrected chi connectivity index (χ3v) is 6.16. The second-order valence-electron chi connectivity index (χ2n) is 7.86. The fourth-order valence-electron chi connectivity index (χ4n) is 4.86. The van der Waals surface area contributed by atoms with Gasteiger partial charge in [0.25, 0.3) is 0 Å². The Bertz CT molecular complexity index is 1120. The van der Waals surface area contributed by atoms with Crippen LogP contribution in [0.1, 0.15) is 0 Å². The van der Waals surface area contributed by atoms with E-state index in [4.69, 9.17) is 14.2 Å². The molecule has 30 heavy (non-hydrogen) atoms. The monoisotopic (exact) mass is 408 g/mol. The number of hydrogen-bond donors (Lipinski definition) is 1. The number of nitrogens with zero attached hydrogens (tertiary/aromatic N) is 1. The van der Waals surface area contributed by atoms with Gasteiger partial charge in [-0.05, 0) is 30.3 Å². The van der Waals surface area contributed by atoms with E-state index in [0.717, 1.165) is 0 Å². The highest BCUT2D eigenvalue weighted by molar-refractivity contribution is 6.05. The lowest BCUT2D eigenvalue weighted by Gasteiger charge is -2.23. The SMILES string of the molecule is O=C(Nc1cccc(F)c1)C1C2C(=O)N(c3ccc4c(c3)OCO4)C[C@]23C=C[C@@H]1O3. The van der Waals surface area contributed by atoms with Crippen molar-refractivity contribution >= 4 is 23.2 Å². The average Bonchev–Trinajstić information content (AvgIpc) is 3.48. The molecule has 0 saturated carbocycles. The number of hydrogen-bond acceptors (Lipinski definition) is 5. The van der Waals surface area contributed by atoms with Gasteiger partial charge in [-0.25, -0.2) is 4.39 Å². The third-order valence-electron chi connectivity index (χ3n) is 6.16. The molecule has 2 saturated heterocycles. The first-order chi connectivity index (χ1) is 14.5. The summed E-state index contributed by atoms with van der Waals surface area (Å²) < 4.78 is 30.4. The average molecular weight is 408 g/mol. The van der Waals surface area contributed by atoms with E-state index in [9.17, 15) is 14.0 Å². The largest absolute Gasteiger partial charge is 0.454 e. The summed E-state index contributed by atoms with van der Waals surface area (Å²) in [5, 5.41) is 2.73. The summed E-state index contributed by atoms with van der Waals surface area (Å²) >= 11 is 0. The molecule has 4 heterocycles. The molecule has 2 amide bonds. The summed E-state index contributed by atoms with van der Waals surface area (Å²) in [7, 11) is 0. The minimum atomic E-state index is -0.845. The van der Waals surface area contributed by atoms with Crippen LogP contribution in [0.5, 0.6) is 11.5 Å². The standard InChI is InChI=1S/C22H17FN2O5/c23-12-2-1-3-13(8-12)24-20(26)18-16-6-7-22(30-16)10-25(21(27)19(18)22)14-4-5-15-17(9-14)29-11-28-15/h1-9,16,18-19H,10-11H2,(H,24,26)/t16-,18?,19?,22+/m0/s1. The van der Waals surface area contributed by atoms with E-state index in [1.807, 2.05) is 12.2 Å². The Morgan fingerprint density at radius 1 is 1.17 bits per heavy atom. The number of benzene rings is 2. The molecule has 4 aliphatic rings. The molecule has 6 rings (SSSR count). The first kappa shape index (κ1) is 17.5. The fraction of sp³-hybridized carbons (Fsp3) is 0.273. The maximum atomic E-state index is 13.5. The van der Waals surface area contributed by atoms with Gasteiger partial charge in [0.1, 0.15) is 11.4 Å². The number of amides is 2. The highest BCUT2D eigenvalue weighted by Crippen LogP contribution is 2.53. The molecule has 2 unspecified atom stereocenters. The van der Waals surface area contributed by atoms with Crippen molar-refractivity contribution in [2.45, 2.75) is 11.7 Å². The highest BCUT2D eigenvalue weighted by atomic mass is 19.1. The van der Waals surface area contributed by atoms with Crippen LogP contribution >= 0.6 is 0 Å². The predicted molar refractivity (Wildman–Crippen MR) is 104 cm³/mol. The number of halogens is 1. The van der Waals surface area contributed by atoms with Crippen LogP contribution in [-0.2, 0) is 14.3 Å². The van der Waals surface area contributed by atoms with Gasteiger partial charge in [0.15, 0.2) is 11.5 Å². The number of carbonyl (C=O) groups is 2. The molecule has 1 N–H and O–H groups in total. The zero-order valence-corrected chi connectivity index (χ0v) is 15.7. The zero-order valence-electron chi connectivity index (χ0n) is 15.7. The van der Waals surface area contributed by atoms with Crippen LogP contribution in [0, 0.1) is 17.7 Å². The van der Waals surface area contributed by atoms with Crippen molar-refractivity contribution in [3.8, 4) is 11.5 Å². The van der Waals surface area contributed by atoms with Crippen molar-refractivity contribution in [3.63, 3.8) is 0 Å². The van der Waals surface area contributed by atoms with E-state index >= 15 is 0 Å². The number of ether oxygens (including phenoxy) is 3. The van der Waals surface area contributed by atoms with E-state index in [-0.39, 0.29) is 18.6 Å². The molecule has 1 spiro atoms. The van der Waals surface area contributed by atoms with Gasteiger partial charge in [-0.2, -0.15) is 0 Å².